The lowest BCUT2D eigenvalue weighted by Gasteiger charge is -2.42. The zero-order valence-electron chi connectivity index (χ0n) is 28.5. The molecule has 2 aliphatic carbocycles. The second kappa shape index (κ2) is 14.7. The largest absolute Gasteiger partial charge is 0.394 e. The second-order valence-electron chi connectivity index (χ2n) is 15.1. The van der Waals surface area contributed by atoms with Crippen LogP contribution in [0, 0.1) is 5.92 Å². The van der Waals surface area contributed by atoms with Crippen molar-refractivity contribution in [2.75, 3.05) is 13.2 Å². The zero-order chi connectivity index (χ0) is 33.4. The Morgan fingerprint density at radius 3 is 1.83 bits per heavy atom. The van der Waals surface area contributed by atoms with Gasteiger partial charge in [0.15, 0.2) is 17.4 Å². The van der Waals surface area contributed by atoms with Gasteiger partial charge in [-0.2, -0.15) is 0 Å². The number of hydrogen-bond donors (Lipinski definition) is 3. The third kappa shape index (κ3) is 7.42. The maximum absolute atomic E-state index is 10.8. The Bertz CT molecular complexity index is 1060. The predicted molar refractivity (Wildman–Crippen MR) is 171 cm³/mol. The highest BCUT2D eigenvalue weighted by Gasteiger charge is 2.61. The fourth-order valence-electron chi connectivity index (χ4n) is 8.72. The van der Waals surface area contributed by atoms with E-state index in [4.69, 9.17) is 37.9 Å². The standard InChI is InChI=1S/C19H30O6.C17H28O5/c1-4-8-12-14(20)16-17(25-19(24-16)9-6-5-7-10-19)15(22-12)13-11-21-18(2,3)23-13;1-3-7-13-11(2)14-16(15(20-13)12(19)10-18)22-17(21-14)8-5-4-6-9-17/h4,12-17,20H,1,5-11H2,2-3H3;3,11-16,18-19H,1,4-10H2,2H3/t12-,13+,14-,15-,16-,17+;11-,12+,13-,14-,15-,16-/m00/s1. The lowest BCUT2D eigenvalue weighted by molar-refractivity contribution is -0.227. The summed E-state index contributed by atoms with van der Waals surface area (Å²) in [5.74, 6) is -1.54. The Labute approximate surface area is 279 Å². The van der Waals surface area contributed by atoms with Crippen molar-refractivity contribution in [1.82, 2.24) is 0 Å². The molecular weight excluding hydrogens is 608 g/mol. The van der Waals surface area contributed by atoms with Crippen LogP contribution in [0.15, 0.2) is 25.3 Å². The molecule has 0 aromatic carbocycles. The minimum absolute atomic E-state index is 0.0627. The molecule has 2 spiro atoms. The van der Waals surface area contributed by atoms with Crippen LogP contribution >= 0.6 is 0 Å². The van der Waals surface area contributed by atoms with Gasteiger partial charge in [0.05, 0.1) is 31.5 Å². The van der Waals surface area contributed by atoms with Crippen molar-refractivity contribution in [2.45, 2.75) is 182 Å². The van der Waals surface area contributed by atoms with E-state index >= 15 is 0 Å². The average molecular weight is 667 g/mol. The van der Waals surface area contributed by atoms with E-state index in [9.17, 15) is 15.3 Å². The van der Waals surface area contributed by atoms with E-state index < -0.39 is 41.8 Å². The number of aliphatic hydroxyl groups is 3. The van der Waals surface area contributed by atoms with Crippen LogP contribution in [0.4, 0.5) is 0 Å². The van der Waals surface area contributed by atoms with Gasteiger partial charge in [0, 0.05) is 31.6 Å². The van der Waals surface area contributed by atoms with Crippen molar-refractivity contribution in [3.8, 4) is 0 Å². The molecule has 0 aromatic rings. The van der Waals surface area contributed by atoms with Crippen molar-refractivity contribution in [3.05, 3.63) is 25.3 Å². The average Bonchev–Trinajstić information content (AvgIpc) is 3.74. The van der Waals surface area contributed by atoms with E-state index in [0.29, 0.717) is 19.4 Å². The first-order valence-corrected chi connectivity index (χ1v) is 18.1. The summed E-state index contributed by atoms with van der Waals surface area (Å²) in [6, 6.07) is 0. The van der Waals surface area contributed by atoms with Gasteiger partial charge in [-0.15, -0.1) is 13.2 Å². The third-order valence-electron chi connectivity index (χ3n) is 11.2. The van der Waals surface area contributed by atoms with E-state index in [1.165, 1.54) is 12.8 Å². The highest BCUT2D eigenvalue weighted by atomic mass is 16.8. The molecule has 7 aliphatic rings. The minimum Gasteiger partial charge on any atom is -0.394 e. The van der Waals surface area contributed by atoms with Gasteiger partial charge in [0.2, 0.25) is 0 Å². The molecule has 0 aromatic heterocycles. The van der Waals surface area contributed by atoms with Gasteiger partial charge in [0.1, 0.15) is 48.8 Å². The van der Waals surface area contributed by atoms with Crippen LogP contribution in [0.1, 0.15) is 97.8 Å². The molecule has 47 heavy (non-hydrogen) atoms. The van der Waals surface area contributed by atoms with Crippen molar-refractivity contribution in [1.29, 1.82) is 0 Å². The number of rotatable bonds is 7. The van der Waals surface area contributed by atoms with Gasteiger partial charge in [0.25, 0.3) is 0 Å². The van der Waals surface area contributed by atoms with E-state index in [0.717, 1.165) is 51.4 Å². The van der Waals surface area contributed by atoms with Gasteiger partial charge >= 0.3 is 0 Å². The first-order chi connectivity index (χ1) is 22.5. The Kier molecular flexibility index (Phi) is 11.2. The molecule has 2 saturated carbocycles. The molecule has 0 unspecified atom stereocenters. The molecule has 5 saturated heterocycles. The Hall–Kier alpha value is -0.960. The molecule has 0 bridgehead atoms. The lowest BCUT2D eigenvalue weighted by atomic mass is 9.85. The molecule has 11 nitrogen and oxygen atoms in total. The summed E-state index contributed by atoms with van der Waals surface area (Å²) in [5, 5.41) is 30.3. The summed E-state index contributed by atoms with van der Waals surface area (Å²) in [6.45, 7) is 13.6. The molecule has 5 aliphatic heterocycles. The zero-order valence-corrected chi connectivity index (χ0v) is 28.5. The quantitative estimate of drug-likeness (QED) is 0.340. The fourth-order valence-corrected chi connectivity index (χ4v) is 8.72. The molecule has 11 heteroatoms. The topological polar surface area (TPSA) is 135 Å². The highest BCUT2D eigenvalue weighted by molar-refractivity contribution is 5.05. The Morgan fingerprint density at radius 2 is 1.28 bits per heavy atom. The van der Waals surface area contributed by atoms with Crippen LogP contribution in [-0.2, 0) is 37.9 Å². The highest BCUT2D eigenvalue weighted by Crippen LogP contribution is 2.48. The Morgan fingerprint density at radius 1 is 0.723 bits per heavy atom. The van der Waals surface area contributed by atoms with E-state index in [1.54, 1.807) is 6.08 Å². The summed E-state index contributed by atoms with van der Waals surface area (Å²) < 4.78 is 49.5. The summed E-state index contributed by atoms with van der Waals surface area (Å²) in [4.78, 5) is 0. The predicted octanol–water partition coefficient (Wildman–Crippen LogP) is 4.05. The number of fused-ring (bicyclic) bond motifs is 2. The molecule has 0 radical (unpaired) electrons. The first kappa shape index (κ1) is 35.9. The van der Waals surface area contributed by atoms with Gasteiger partial charge < -0.3 is 53.2 Å². The molecule has 7 rings (SSSR count). The van der Waals surface area contributed by atoms with Crippen LogP contribution in [0.2, 0.25) is 0 Å². The molecule has 0 amide bonds. The van der Waals surface area contributed by atoms with Crippen LogP contribution in [0.25, 0.3) is 0 Å². The number of aliphatic hydroxyl groups excluding tert-OH is 3. The summed E-state index contributed by atoms with van der Waals surface area (Å²) in [5.41, 5.74) is 0. The van der Waals surface area contributed by atoms with Crippen LogP contribution in [0.5, 0.6) is 0 Å². The second-order valence-corrected chi connectivity index (χ2v) is 15.1. The normalized spacial score (nSPS) is 43.8. The van der Waals surface area contributed by atoms with Crippen LogP contribution in [0.3, 0.4) is 0 Å². The van der Waals surface area contributed by atoms with Crippen molar-refractivity contribution in [3.63, 3.8) is 0 Å². The fraction of sp³-hybridized carbons (Fsp3) is 0.889. The molecular formula is C36H58O11. The van der Waals surface area contributed by atoms with Gasteiger partial charge in [-0.25, -0.2) is 0 Å². The van der Waals surface area contributed by atoms with Gasteiger partial charge in [-0.3, -0.25) is 0 Å². The Balaban J connectivity index is 0.000000166. The summed E-state index contributed by atoms with van der Waals surface area (Å²) >= 11 is 0. The van der Waals surface area contributed by atoms with Crippen LogP contribution < -0.4 is 0 Å². The lowest BCUT2D eigenvalue weighted by Crippen LogP contribution is -2.59. The van der Waals surface area contributed by atoms with Gasteiger partial charge in [-0.05, 0) is 52.4 Å². The van der Waals surface area contributed by atoms with Crippen molar-refractivity contribution in [2.24, 2.45) is 5.92 Å². The molecule has 12 atom stereocenters. The number of hydrogen-bond acceptors (Lipinski definition) is 11. The first-order valence-electron chi connectivity index (χ1n) is 18.1. The molecule has 7 fully saturated rings. The van der Waals surface area contributed by atoms with Gasteiger partial charge in [-0.1, -0.05) is 31.9 Å². The molecule has 268 valence electrons. The number of ether oxygens (including phenoxy) is 8. The SMILES string of the molecule is C=CC[C@@H]1O[C@@H]([C@H](O)CO)[C@H]2OC3(CCCCC3)O[C@H]2[C@H]1C.C=CC[C@@H]1O[C@@H]([C@H]2COC(C)(C)O2)[C@H]2OC3(CCCCC3)O[C@H]2[C@H]1O. The maximum atomic E-state index is 10.8. The van der Waals surface area contributed by atoms with Crippen molar-refractivity contribution >= 4 is 0 Å². The summed E-state index contributed by atoms with van der Waals surface area (Å²) in [7, 11) is 0. The van der Waals surface area contributed by atoms with E-state index in [1.807, 2.05) is 19.9 Å². The summed E-state index contributed by atoms with van der Waals surface area (Å²) in [6.07, 6.45) is 10.9. The smallest absolute Gasteiger partial charge is 0.169 e. The minimum atomic E-state index is -0.949. The van der Waals surface area contributed by atoms with E-state index in [-0.39, 0.29) is 55.3 Å². The monoisotopic (exact) mass is 666 g/mol. The van der Waals surface area contributed by atoms with E-state index in [2.05, 4.69) is 20.1 Å². The van der Waals surface area contributed by atoms with Crippen LogP contribution in [-0.4, -0.2) is 113 Å². The third-order valence-corrected chi connectivity index (χ3v) is 11.2. The molecule has 3 N–H and O–H groups in total. The van der Waals surface area contributed by atoms with Crippen molar-refractivity contribution < 1.29 is 53.2 Å². The maximum Gasteiger partial charge on any atom is 0.169 e. The molecule has 5 heterocycles.